The maximum absolute atomic E-state index is 12.2. The number of nitro groups is 1. The van der Waals surface area contributed by atoms with Crippen molar-refractivity contribution >= 4 is 17.5 Å². The van der Waals surface area contributed by atoms with E-state index in [-0.39, 0.29) is 18.0 Å². The first-order chi connectivity index (χ1) is 13.5. The van der Waals surface area contributed by atoms with Gasteiger partial charge in [0.15, 0.2) is 0 Å². The molecule has 144 valence electrons. The standard InChI is InChI=1S/C20H19N3O5/c1-3-14-4-6-15(7-5-14)27-13-17-9-8-16(28-17)10-11-19(24)20-18(23(25)26)12-22(2)21-20/h4-12H,3,13H2,1-2H3/b11-10+. The molecule has 2 aromatic heterocycles. The summed E-state index contributed by atoms with van der Waals surface area (Å²) in [5.41, 5.74) is 0.685. The fourth-order valence-electron chi connectivity index (χ4n) is 2.56. The molecule has 8 nitrogen and oxygen atoms in total. The minimum absolute atomic E-state index is 0.214. The molecule has 0 saturated carbocycles. The molecular formula is C20H19N3O5. The van der Waals surface area contributed by atoms with Crippen molar-refractivity contribution in [2.75, 3.05) is 0 Å². The molecule has 0 N–H and O–H groups in total. The maximum atomic E-state index is 12.2. The highest BCUT2D eigenvalue weighted by atomic mass is 16.6. The third kappa shape index (κ3) is 4.53. The van der Waals surface area contributed by atoms with Crippen LogP contribution in [0, 0.1) is 10.1 Å². The highest BCUT2D eigenvalue weighted by Gasteiger charge is 2.23. The Bertz CT molecular complexity index is 1010. The van der Waals surface area contributed by atoms with E-state index in [0.29, 0.717) is 11.5 Å². The molecule has 0 amide bonds. The summed E-state index contributed by atoms with van der Waals surface area (Å²) >= 11 is 0. The molecule has 28 heavy (non-hydrogen) atoms. The lowest BCUT2D eigenvalue weighted by Gasteiger charge is -2.04. The lowest BCUT2D eigenvalue weighted by molar-refractivity contribution is -0.385. The van der Waals surface area contributed by atoms with E-state index in [1.807, 2.05) is 24.3 Å². The minimum atomic E-state index is -0.635. The van der Waals surface area contributed by atoms with E-state index in [4.69, 9.17) is 9.15 Å². The van der Waals surface area contributed by atoms with Gasteiger partial charge in [0.2, 0.25) is 11.5 Å². The van der Waals surface area contributed by atoms with Crippen LogP contribution in [0.2, 0.25) is 0 Å². The quantitative estimate of drug-likeness (QED) is 0.253. The number of allylic oxidation sites excluding steroid dienone is 1. The number of carbonyl (C=O) groups excluding carboxylic acids is 1. The first-order valence-corrected chi connectivity index (χ1v) is 8.67. The van der Waals surface area contributed by atoms with Crippen molar-refractivity contribution in [1.82, 2.24) is 9.78 Å². The van der Waals surface area contributed by atoms with Gasteiger partial charge in [-0.25, -0.2) is 0 Å². The van der Waals surface area contributed by atoms with Gasteiger partial charge in [0, 0.05) is 7.05 Å². The van der Waals surface area contributed by atoms with Gasteiger partial charge in [-0.3, -0.25) is 19.6 Å². The molecule has 0 spiro atoms. The second-order valence-electron chi connectivity index (χ2n) is 6.08. The van der Waals surface area contributed by atoms with Crippen molar-refractivity contribution in [1.29, 1.82) is 0 Å². The molecule has 1 aromatic carbocycles. The molecule has 0 unspecified atom stereocenters. The first-order valence-electron chi connectivity index (χ1n) is 8.67. The zero-order chi connectivity index (χ0) is 20.1. The molecule has 3 rings (SSSR count). The number of furan rings is 1. The maximum Gasteiger partial charge on any atom is 0.318 e. The molecule has 0 radical (unpaired) electrons. The topological polar surface area (TPSA) is 100 Å². The van der Waals surface area contributed by atoms with Gasteiger partial charge in [-0.05, 0) is 48.4 Å². The zero-order valence-corrected chi connectivity index (χ0v) is 15.5. The third-order valence-electron chi connectivity index (χ3n) is 4.03. The summed E-state index contributed by atoms with van der Waals surface area (Å²) in [6.07, 6.45) is 4.80. The van der Waals surface area contributed by atoms with E-state index in [1.54, 1.807) is 12.1 Å². The van der Waals surface area contributed by atoms with Gasteiger partial charge in [-0.15, -0.1) is 0 Å². The molecular weight excluding hydrogens is 362 g/mol. The summed E-state index contributed by atoms with van der Waals surface area (Å²) in [6.45, 7) is 2.34. The Morgan fingerprint density at radius 3 is 2.71 bits per heavy atom. The predicted molar refractivity (Wildman–Crippen MR) is 102 cm³/mol. The van der Waals surface area contributed by atoms with Crippen LogP contribution in [0.5, 0.6) is 5.75 Å². The van der Waals surface area contributed by atoms with Gasteiger partial charge in [0.05, 0.1) is 4.92 Å². The summed E-state index contributed by atoms with van der Waals surface area (Å²) in [5.74, 6) is 1.20. The Labute approximate surface area is 161 Å². The highest BCUT2D eigenvalue weighted by Crippen LogP contribution is 2.19. The van der Waals surface area contributed by atoms with Gasteiger partial charge in [-0.1, -0.05) is 19.1 Å². The second kappa shape index (κ2) is 8.34. The summed E-state index contributed by atoms with van der Waals surface area (Å²) < 4.78 is 12.5. The largest absolute Gasteiger partial charge is 0.486 e. The summed E-state index contributed by atoms with van der Waals surface area (Å²) in [5, 5.41) is 14.8. The van der Waals surface area contributed by atoms with Crippen LogP contribution >= 0.6 is 0 Å². The number of hydrogen-bond acceptors (Lipinski definition) is 6. The summed E-state index contributed by atoms with van der Waals surface area (Å²) in [7, 11) is 1.52. The first kappa shape index (κ1) is 19.1. The molecule has 0 aliphatic heterocycles. The zero-order valence-electron chi connectivity index (χ0n) is 15.5. The van der Waals surface area contributed by atoms with E-state index in [9.17, 15) is 14.9 Å². The molecule has 0 bridgehead atoms. The van der Waals surface area contributed by atoms with E-state index in [0.717, 1.165) is 12.2 Å². The Balaban J connectivity index is 1.62. The Morgan fingerprint density at radius 1 is 1.29 bits per heavy atom. The van der Waals surface area contributed by atoms with Gasteiger partial charge in [0.1, 0.15) is 30.1 Å². The lowest BCUT2D eigenvalue weighted by atomic mass is 10.2. The van der Waals surface area contributed by atoms with Gasteiger partial charge in [0.25, 0.3) is 0 Å². The second-order valence-corrected chi connectivity index (χ2v) is 6.08. The Morgan fingerprint density at radius 2 is 2.04 bits per heavy atom. The van der Waals surface area contributed by atoms with Crippen LogP contribution in [0.15, 0.2) is 53.1 Å². The van der Waals surface area contributed by atoms with Crippen LogP contribution in [-0.4, -0.2) is 20.5 Å². The number of ketones is 1. The molecule has 3 aromatic rings. The van der Waals surface area contributed by atoms with Crippen molar-refractivity contribution < 1.29 is 18.9 Å². The van der Waals surface area contributed by atoms with Gasteiger partial charge in [-0.2, -0.15) is 5.10 Å². The minimum Gasteiger partial charge on any atom is -0.486 e. The molecule has 0 aliphatic rings. The van der Waals surface area contributed by atoms with Crippen molar-refractivity contribution in [3.05, 3.63) is 81.6 Å². The SMILES string of the molecule is CCc1ccc(OCc2ccc(/C=C/C(=O)c3nn(C)cc3[N+](=O)[O-])o2)cc1. The highest BCUT2D eigenvalue weighted by molar-refractivity contribution is 6.07. The molecule has 2 heterocycles. The molecule has 0 aliphatic carbocycles. The number of rotatable bonds is 8. The predicted octanol–water partition coefficient (Wildman–Crippen LogP) is 3.96. The third-order valence-corrected chi connectivity index (χ3v) is 4.03. The summed E-state index contributed by atoms with van der Waals surface area (Å²) in [6, 6.07) is 11.3. The normalized spacial score (nSPS) is 11.1. The molecule has 0 saturated heterocycles. The summed E-state index contributed by atoms with van der Waals surface area (Å²) in [4.78, 5) is 22.5. The fourth-order valence-corrected chi connectivity index (χ4v) is 2.56. The van der Waals surface area contributed by atoms with Crippen molar-refractivity contribution in [3.8, 4) is 5.75 Å². The van der Waals surface area contributed by atoms with Crippen LogP contribution in [0.4, 0.5) is 5.69 Å². The van der Waals surface area contributed by atoms with Crippen LogP contribution in [0.25, 0.3) is 6.08 Å². The monoisotopic (exact) mass is 381 g/mol. The molecule has 8 heteroatoms. The van der Waals surface area contributed by atoms with Crippen molar-refractivity contribution in [2.24, 2.45) is 7.05 Å². The fraction of sp³-hybridized carbons (Fsp3) is 0.200. The lowest BCUT2D eigenvalue weighted by Crippen LogP contribution is -2.00. The number of ether oxygens (including phenoxy) is 1. The van der Waals surface area contributed by atoms with Crippen LogP contribution in [0.1, 0.15) is 34.5 Å². The van der Waals surface area contributed by atoms with E-state index in [2.05, 4.69) is 12.0 Å². The van der Waals surface area contributed by atoms with E-state index in [1.165, 1.54) is 35.6 Å². The number of nitrogens with zero attached hydrogens (tertiary/aromatic N) is 3. The number of hydrogen-bond donors (Lipinski definition) is 0. The average molecular weight is 381 g/mol. The van der Waals surface area contributed by atoms with E-state index < -0.39 is 10.7 Å². The average Bonchev–Trinajstić information content (AvgIpc) is 3.31. The van der Waals surface area contributed by atoms with Crippen molar-refractivity contribution in [2.45, 2.75) is 20.0 Å². The number of benzene rings is 1. The van der Waals surface area contributed by atoms with Crippen LogP contribution in [0.3, 0.4) is 0 Å². The van der Waals surface area contributed by atoms with Gasteiger partial charge < -0.3 is 9.15 Å². The molecule has 0 atom stereocenters. The van der Waals surface area contributed by atoms with Crippen LogP contribution < -0.4 is 4.74 Å². The number of carbonyl (C=O) groups is 1. The molecule has 0 fully saturated rings. The number of aromatic nitrogens is 2. The Kier molecular flexibility index (Phi) is 5.69. The smallest absolute Gasteiger partial charge is 0.318 e. The van der Waals surface area contributed by atoms with E-state index >= 15 is 0 Å². The van der Waals surface area contributed by atoms with Crippen LogP contribution in [-0.2, 0) is 20.1 Å². The van der Waals surface area contributed by atoms with Gasteiger partial charge >= 0.3 is 5.69 Å². The Hall–Kier alpha value is -3.68. The number of aryl methyl sites for hydroxylation is 2. The van der Waals surface area contributed by atoms with Crippen molar-refractivity contribution in [3.63, 3.8) is 0 Å².